The molecular weight excluding hydrogens is 525 g/mol. The first-order chi connectivity index (χ1) is 19.1. The Hall–Kier alpha value is -3.60. The molecule has 8 nitrogen and oxygen atoms in total. The molecule has 0 saturated carbocycles. The predicted octanol–water partition coefficient (Wildman–Crippen LogP) is 4.94. The van der Waals surface area contributed by atoms with Gasteiger partial charge in [-0.25, -0.2) is 0 Å². The number of hydrogen-bond acceptors (Lipinski definition) is 7. The van der Waals surface area contributed by atoms with Crippen molar-refractivity contribution < 1.29 is 32.3 Å². The van der Waals surface area contributed by atoms with Crippen LogP contribution >= 0.6 is 0 Å². The number of carbonyl (C=O) groups excluding carboxylic acids is 3. The highest BCUT2D eigenvalue weighted by Crippen LogP contribution is 2.36. The zero-order valence-electron chi connectivity index (χ0n) is 22.6. The van der Waals surface area contributed by atoms with Gasteiger partial charge in [-0.15, -0.1) is 0 Å². The largest absolute Gasteiger partial charge is 0.440 e. The third-order valence-electron chi connectivity index (χ3n) is 7.38. The van der Waals surface area contributed by atoms with E-state index in [2.05, 4.69) is 4.90 Å². The topological polar surface area (TPSA) is 96.2 Å². The molecule has 0 aromatic heterocycles. The highest BCUT2D eigenvalue weighted by atomic mass is 19.4. The van der Waals surface area contributed by atoms with Crippen molar-refractivity contribution in [1.29, 1.82) is 0 Å². The molecule has 0 radical (unpaired) electrons. The summed E-state index contributed by atoms with van der Waals surface area (Å²) in [7, 11) is 0. The lowest BCUT2D eigenvalue weighted by molar-refractivity contribution is -0.148. The van der Waals surface area contributed by atoms with Gasteiger partial charge in [0.1, 0.15) is 0 Å². The molecule has 216 valence electrons. The van der Waals surface area contributed by atoms with Crippen LogP contribution < -0.4 is 10.6 Å². The molecule has 1 atom stereocenters. The molecule has 40 heavy (non-hydrogen) atoms. The number of fused-ring (bicyclic) bond motifs is 1. The Labute approximate surface area is 231 Å². The third kappa shape index (κ3) is 6.93. The van der Waals surface area contributed by atoms with Gasteiger partial charge < -0.3 is 15.4 Å². The van der Waals surface area contributed by atoms with Crippen molar-refractivity contribution in [3.63, 3.8) is 0 Å². The summed E-state index contributed by atoms with van der Waals surface area (Å²) >= 11 is 0. The second-order valence-electron chi connectivity index (χ2n) is 10.3. The van der Waals surface area contributed by atoms with Gasteiger partial charge in [0, 0.05) is 37.9 Å². The van der Waals surface area contributed by atoms with Crippen molar-refractivity contribution in [3.05, 3.63) is 59.2 Å². The van der Waals surface area contributed by atoms with Gasteiger partial charge in [0.15, 0.2) is 6.23 Å². The van der Waals surface area contributed by atoms with Crippen LogP contribution in [0.2, 0.25) is 0 Å². The van der Waals surface area contributed by atoms with Crippen molar-refractivity contribution in [2.45, 2.75) is 57.9 Å². The van der Waals surface area contributed by atoms with Crippen LogP contribution in [0, 0.1) is 0 Å². The summed E-state index contributed by atoms with van der Waals surface area (Å²) in [5.41, 5.74) is 5.56. The van der Waals surface area contributed by atoms with Crippen molar-refractivity contribution >= 4 is 29.2 Å². The molecular formula is C29H35F3N4O4. The van der Waals surface area contributed by atoms with Crippen molar-refractivity contribution in [2.24, 2.45) is 0 Å². The average Bonchev–Trinajstić information content (AvgIpc) is 3.14. The molecule has 2 N–H and O–H groups in total. The minimum Gasteiger partial charge on any atom is -0.440 e. The van der Waals surface area contributed by atoms with Gasteiger partial charge in [-0.05, 0) is 49.7 Å². The molecule has 2 aromatic carbocycles. The van der Waals surface area contributed by atoms with E-state index >= 15 is 0 Å². The lowest BCUT2D eigenvalue weighted by Crippen LogP contribution is -2.55. The number of rotatable bonds is 11. The lowest BCUT2D eigenvalue weighted by atomic mass is 10.1. The summed E-state index contributed by atoms with van der Waals surface area (Å²) in [5.74, 6) is -0.931. The molecule has 0 spiro atoms. The second-order valence-corrected chi connectivity index (χ2v) is 10.3. The van der Waals surface area contributed by atoms with Gasteiger partial charge >= 0.3 is 12.1 Å². The fraction of sp³-hybridized carbons (Fsp3) is 0.483. The Morgan fingerprint density at radius 1 is 0.925 bits per heavy atom. The van der Waals surface area contributed by atoms with Gasteiger partial charge in [0.05, 0.1) is 23.2 Å². The first kappa shape index (κ1) is 29.4. The number of piperazine rings is 1. The molecule has 2 aromatic rings. The Balaban J connectivity index is 1.18. The van der Waals surface area contributed by atoms with Crippen LogP contribution in [0.25, 0.3) is 0 Å². The average molecular weight is 561 g/mol. The van der Waals surface area contributed by atoms with Crippen LogP contribution in [0.3, 0.4) is 0 Å². The van der Waals surface area contributed by atoms with E-state index in [1.807, 2.05) is 0 Å². The Morgan fingerprint density at radius 3 is 2.12 bits per heavy atom. The SMILES string of the molecule is CC(=O)OC1CN(CCCCCCCCN2C(=O)c3ccccc3C2=O)CCN1c1ccc(N)c(C(F)(F)F)c1. The van der Waals surface area contributed by atoms with Gasteiger partial charge in [0.25, 0.3) is 11.8 Å². The number of benzene rings is 2. The molecule has 1 saturated heterocycles. The minimum atomic E-state index is -4.58. The van der Waals surface area contributed by atoms with Gasteiger partial charge in [-0.2, -0.15) is 13.2 Å². The van der Waals surface area contributed by atoms with Crippen LogP contribution in [0.1, 0.15) is 71.7 Å². The number of imide groups is 1. The monoisotopic (exact) mass is 560 g/mol. The number of amides is 2. The predicted molar refractivity (Wildman–Crippen MR) is 145 cm³/mol. The van der Waals surface area contributed by atoms with E-state index in [0.717, 1.165) is 51.1 Å². The smallest absolute Gasteiger partial charge is 0.418 e. The van der Waals surface area contributed by atoms with Gasteiger partial charge in [-0.3, -0.25) is 24.2 Å². The van der Waals surface area contributed by atoms with Crippen molar-refractivity contribution in [1.82, 2.24) is 9.80 Å². The molecule has 0 aliphatic carbocycles. The van der Waals surface area contributed by atoms with E-state index in [9.17, 15) is 27.6 Å². The second kappa shape index (κ2) is 12.7. The highest BCUT2D eigenvalue weighted by molar-refractivity contribution is 6.21. The molecule has 1 fully saturated rings. The number of nitrogens with two attached hydrogens (primary N) is 1. The van der Waals surface area contributed by atoms with Crippen LogP contribution in [-0.2, 0) is 15.7 Å². The summed E-state index contributed by atoms with van der Waals surface area (Å²) < 4.78 is 45.6. The van der Waals surface area contributed by atoms with E-state index in [-0.39, 0.29) is 17.5 Å². The number of unbranched alkanes of at least 4 members (excludes halogenated alkanes) is 5. The molecule has 4 rings (SSSR count). The number of nitrogen functional groups attached to an aromatic ring is 1. The van der Waals surface area contributed by atoms with Crippen LogP contribution in [-0.4, -0.2) is 66.5 Å². The van der Waals surface area contributed by atoms with Gasteiger partial charge in [-0.1, -0.05) is 37.8 Å². The van der Waals surface area contributed by atoms with E-state index in [1.165, 1.54) is 24.0 Å². The van der Waals surface area contributed by atoms with E-state index in [4.69, 9.17) is 10.5 Å². The number of nitrogens with zero attached hydrogens (tertiary/aromatic N) is 3. The molecule has 2 aliphatic rings. The molecule has 0 bridgehead atoms. The summed E-state index contributed by atoms with van der Waals surface area (Å²) in [6.07, 6.45) is 0.350. The number of anilines is 2. The van der Waals surface area contributed by atoms with Crippen molar-refractivity contribution in [3.8, 4) is 0 Å². The number of halogens is 3. The molecule has 1 unspecified atom stereocenters. The fourth-order valence-corrected chi connectivity index (χ4v) is 5.32. The van der Waals surface area contributed by atoms with E-state index in [1.54, 1.807) is 29.2 Å². The molecule has 2 heterocycles. The number of carbonyl (C=O) groups is 3. The number of esters is 1. The third-order valence-corrected chi connectivity index (χ3v) is 7.38. The molecule has 2 amide bonds. The summed E-state index contributed by atoms with van der Waals surface area (Å²) in [6, 6.07) is 10.7. The van der Waals surface area contributed by atoms with Crippen LogP contribution in [0.15, 0.2) is 42.5 Å². The molecule has 11 heteroatoms. The highest BCUT2D eigenvalue weighted by Gasteiger charge is 2.36. The van der Waals surface area contributed by atoms with E-state index in [0.29, 0.717) is 43.0 Å². The number of alkyl halides is 3. The van der Waals surface area contributed by atoms with E-state index < -0.39 is 23.9 Å². The standard InChI is InChI=1S/C29H35F3N4O4/c1-20(37)40-26-19-34(16-17-35(26)21-12-13-25(33)24(18-21)29(30,31)32)14-8-4-2-3-5-9-15-36-27(38)22-10-6-7-11-23(22)28(36)39/h6-7,10-13,18,26H,2-5,8-9,14-17,19,33H2,1H3. The zero-order chi connectivity index (χ0) is 28.9. The first-order valence-corrected chi connectivity index (χ1v) is 13.6. The summed E-state index contributed by atoms with van der Waals surface area (Å²) in [5, 5.41) is 0. The fourth-order valence-electron chi connectivity index (χ4n) is 5.32. The van der Waals surface area contributed by atoms with Crippen LogP contribution in [0.5, 0.6) is 0 Å². The quantitative estimate of drug-likeness (QED) is 0.180. The zero-order valence-corrected chi connectivity index (χ0v) is 22.6. The molecule has 2 aliphatic heterocycles. The number of ether oxygens (including phenoxy) is 1. The van der Waals surface area contributed by atoms with Gasteiger partial charge in [0.2, 0.25) is 0 Å². The number of hydrogen-bond donors (Lipinski definition) is 1. The normalized spacial score (nSPS) is 17.9. The maximum absolute atomic E-state index is 13.4. The summed E-state index contributed by atoms with van der Waals surface area (Å²) in [4.78, 5) is 41.8. The Morgan fingerprint density at radius 2 is 1.52 bits per heavy atom. The maximum atomic E-state index is 13.4. The van der Waals surface area contributed by atoms with Crippen molar-refractivity contribution in [2.75, 3.05) is 43.4 Å². The lowest BCUT2D eigenvalue weighted by Gasteiger charge is -2.42. The first-order valence-electron chi connectivity index (χ1n) is 13.6. The Kier molecular flexibility index (Phi) is 9.34. The summed E-state index contributed by atoms with van der Waals surface area (Å²) in [6.45, 7) is 3.94. The Bertz CT molecular complexity index is 1200. The maximum Gasteiger partial charge on any atom is 0.418 e. The minimum absolute atomic E-state index is 0.218. The van der Waals surface area contributed by atoms with Crippen LogP contribution in [0.4, 0.5) is 24.5 Å².